The number of methoxy groups -OCH3 is 1. The van der Waals surface area contributed by atoms with Gasteiger partial charge in [-0.15, -0.1) is 0 Å². The first-order chi connectivity index (χ1) is 20.1. The molecule has 214 valence electrons. The number of benzene rings is 4. The number of fused-ring (bicyclic) bond motifs is 1. The molecule has 0 fully saturated rings. The number of carboxylic acid groups (broad SMARTS) is 1. The van der Waals surface area contributed by atoms with E-state index in [1.807, 2.05) is 43.3 Å². The lowest BCUT2D eigenvalue weighted by atomic mass is 10.0. The van der Waals surface area contributed by atoms with Crippen molar-refractivity contribution in [1.82, 2.24) is 15.1 Å². The number of nitrogens with one attached hydrogen (secondary N) is 1. The number of aliphatic carboxylic acids is 1. The molecule has 5 rings (SSSR count). The number of carbonyl (C=O) groups excluding carboxylic acids is 1. The molecule has 0 aliphatic heterocycles. The lowest BCUT2D eigenvalue weighted by Gasteiger charge is -2.17. The van der Waals surface area contributed by atoms with E-state index in [0.717, 1.165) is 39.8 Å². The van der Waals surface area contributed by atoms with Crippen LogP contribution in [0.5, 0.6) is 5.75 Å². The van der Waals surface area contributed by atoms with Gasteiger partial charge in [-0.3, -0.25) is 14.3 Å². The van der Waals surface area contributed by atoms with E-state index >= 15 is 0 Å². The number of hydrogen-bond acceptors (Lipinski definition) is 4. The van der Waals surface area contributed by atoms with Crippen molar-refractivity contribution < 1.29 is 32.6 Å². The van der Waals surface area contributed by atoms with Gasteiger partial charge in [0.05, 0.1) is 31.0 Å². The summed E-state index contributed by atoms with van der Waals surface area (Å²) in [7, 11) is 1.59. The summed E-state index contributed by atoms with van der Waals surface area (Å²) in [6.07, 6.45) is -0.185. The van der Waals surface area contributed by atoms with Crippen LogP contribution >= 0.6 is 0 Å². The van der Waals surface area contributed by atoms with Gasteiger partial charge in [-0.2, -0.15) is 5.10 Å². The van der Waals surface area contributed by atoms with Gasteiger partial charge in [0.1, 0.15) is 5.75 Å². The maximum absolute atomic E-state index is 14.1. The summed E-state index contributed by atoms with van der Waals surface area (Å²) in [6.45, 7) is 1.90. The molecule has 0 aliphatic carbocycles. The zero-order valence-electron chi connectivity index (χ0n) is 22.7. The van der Waals surface area contributed by atoms with Crippen molar-refractivity contribution in [3.05, 3.63) is 107 Å². The molecule has 0 radical (unpaired) electrons. The zero-order chi connectivity index (χ0) is 30.0. The maximum Gasteiger partial charge on any atom is 0.305 e. The highest BCUT2D eigenvalue weighted by Gasteiger charge is 2.20. The maximum atomic E-state index is 14.1. The Bertz CT molecular complexity index is 1780. The van der Waals surface area contributed by atoms with Crippen LogP contribution < -0.4 is 10.1 Å². The molecular weight excluding hydrogens is 547 g/mol. The molecular formula is C32H26F3N3O4. The minimum absolute atomic E-state index is 0.00879. The minimum atomic E-state index is -1.55. The van der Waals surface area contributed by atoms with Crippen molar-refractivity contribution in [3.63, 3.8) is 0 Å². The molecule has 1 aromatic heterocycles. The van der Waals surface area contributed by atoms with E-state index in [-0.39, 0.29) is 30.3 Å². The van der Waals surface area contributed by atoms with Gasteiger partial charge in [-0.25, -0.2) is 13.2 Å². The predicted octanol–water partition coefficient (Wildman–Crippen LogP) is 6.61. The summed E-state index contributed by atoms with van der Waals surface area (Å²) in [4.78, 5) is 23.1. The normalized spacial score (nSPS) is 11.8. The minimum Gasteiger partial charge on any atom is -0.497 e. The number of carboxylic acids is 1. The van der Waals surface area contributed by atoms with Crippen molar-refractivity contribution >= 4 is 22.6 Å². The lowest BCUT2D eigenvalue weighted by Crippen LogP contribution is -2.26. The van der Waals surface area contributed by atoms with Crippen LogP contribution in [-0.2, 0) is 4.79 Å². The molecule has 7 nitrogen and oxygen atoms in total. The number of carbonyl (C=O) groups is 2. The second-order valence-corrected chi connectivity index (χ2v) is 9.74. The molecule has 1 atom stereocenters. The Morgan fingerprint density at radius 3 is 2.24 bits per heavy atom. The Hall–Kier alpha value is -5.12. The van der Waals surface area contributed by atoms with Gasteiger partial charge in [-0.05, 0) is 71.8 Å². The van der Waals surface area contributed by atoms with Crippen LogP contribution in [0.25, 0.3) is 33.3 Å². The average Bonchev–Trinajstić information content (AvgIpc) is 3.44. The second kappa shape index (κ2) is 11.8. The monoisotopic (exact) mass is 573 g/mol. The predicted molar refractivity (Wildman–Crippen MR) is 152 cm³/mol. The van der Waals surface area contributed by atoms with Gasteiger partial charge >= 0.3 is 5.97 Å². The topological polar surface area (TPSA) is 93.5 Å². The fourth-order valence-corrected chi connectivity index (χ4v) is 4.70. The number of ether oxygens (including phenoxy) is 1. The zero-order valence-corrected chi connectivity index (χ0v) is 22.7. The molecule has 4 aromatic carbocycles. The van der Waals surface area contributed by atoms with Gasteiger partial charge in [-0.1, -0.05) is 30.3 Å². The van der Waals surface area contributed by atoms with Gasteiger partial charge in [0, 0.05) is 23.2 Å². The fourth-order valence-electron chi connectivity index (χ4n) is 4.70. The molecule has 10 heteroatoms. The van der Waals surface area contributed by atoms with E-state index < -0.39 is 29.3 Å². The second-order valence-electron chi connectivity index (χ2n) is 9.74. The molecule has 5 aromatic rings. The largest absolute Gasteiger partial charge is 0.497 e. The van der Waals surface area contributed by atoms with Crippen LogP contribution in [0.2, 0.25) is 0 Å². The third-order valence-electron chi connectivity index (χ3n) is 7.01. The van der Waals surface area contributed by atoms with Gasteiger partial charge in [0.2, 0.25) is 0 Å². The summed E-state index contributed by atoms with van der Waals surface area (Å²) in [5, 5.41) is 17.9. The van der Waals surface area contributed by atoms with Crippen molar-refractivity contribution in [2.24, 2.45) is 0 Å². The summed E-state index contributed by atoms with van der Waals surface area (Å²) < 4.78 is 48.9. The third kappa shape index (κ3) is 5.83. The Morgan fingerprint density at radius 2 is 1.57 bits per heavy atom. The fraction of sp³-hybridized carbons (Fsp3) is 0.156. The molecule has 2 N–H and O–H groups in total. The highest BCUT2D eigenvalue weighted by Crippen LogP contribution is 2.34. The summed E-state index contributed by atoms with van der Waals surface area (Å²) in [6, 6.07) is 21.4. The number of nitrogens with zero attached hydrogens (tertiary/aromatic N) is 2. The molecule has 0 saturated heterocycles. The number of hydrogen-bond donors (Lipinski definition) is 2. The van der Waals surface area contributed by atoms with Crippen molar-refractivity contribution in [2.75, 3.05) is 13.7 Å². The number of aromatic nitrogens is 2. The van der Waals surface area contributed by atoms with Gasteiger partial charge < -0.3 is 15.2 Å². The smallest absolute Gasteiger partial charge is 0.305 e. The van der Waals surface area contributed by atoms with Crippen LogP contribution in [0.1, 0.15) is 35.3 Å². The quantitative estimate of drug-likeness (QED) is 0.194. The standard InChI is InChI=1S/C32H26F3N3O4/c1-18(19-3-5-20(6-4-19)32(41)36-12-11-30(39)40)38-29(17-28(37-38)24-15-26(33)31(35)27(34)16-24)23-8-7-22-14-25(42-2)10-9-21(22)13-23/h3-10,13-18H,11-12H2,1-2H3,(H,36,41)(H,39,40). The third-order valence-corrected chi connectivity index (χ3v) is 7.01. The molecule has 1 amide bonds. The van der Waals surface area contributed by atoms with Crippen LogP contribution in [0.4, 0.5) is 13.2 Å². The van der Waals surface area contributed by atoms with Crippen LogP contribution in [0, 0.1) is 17.5 Å². The van der Waals surface area contributed by atoms with Gasteiger partial charge in [0.15, 0.2) is 17.5 Å². The molecule has 1 unspecified atom stereocenters. The molecule has 1 heterocycles. The SMILES string of the molecule is COc1ccc2cc(-c3cc(-c4cc(F)c(F)c(F)c4)nn3C(C)c3ccc(C(=O)NCCC(=O)O)cc3)ccc2c1. The lowest BCUT2D eigenvalue weighted by molar-refractivity contribution is -0.136. The van der Waals surface area contributed by atoms with Crippen molar-refractivity contribution in [1.29, 1.82) is 0 Å². The van der Waals surface area contributed by atoms with E-state index in [4.69, 9.17) is 9.84 Å². The number of amides is 1. The molecule has 0 aliphatic rings. The molecule has 0 spiro atoms. The summed E-state index contributed by atoms with van der Waals surface area (Å²) in [5.41, 5.74) is 2.91. The first-order valence-corrected chi connectivity index (χ1v) is 13.1. The van der Waals surface area contributed by atoms with E-state index in [9.17, 15) is 22.8 Å². The summed E-state index contributed by atoms with van der Waals surface area (Å²) in [5.74, 6) is -4.87. The highest BCUT2D eigenvalue weighted by molar-refractivity contribution is 5.94. The number of rotatable bonds is 9. The first-order valence-electron chi connectivity index (χ1n) is 13.1. The number of halogens is 3. The Balaban J connectivity index is 1.54. The van der Waals surface area contributed by atoms with Crippen molar-refractivity contribution in [2.45, 2.75) is 19.4 Å². The first kappa shape index (κ1) is 28.4. The Kier molecular flexibility index (Phi) is 7.97. The van der Waals surface area contributed by atoms with E-state index in [0.29, 0.717) is 11.3 Å². The Labute approximate surface area is 239 Å². The van der Waals surface area contributed by atoms with E-state index in [1.165, 1.54) is 0 Å². The highest BCUT2D eigenvalue weighted by atomic mass is 19.2. The van der Waals surface area contributed by atoms with E-state index in [1.54, 1.807) is 42.1 Å². The van der Waals surface area contributed by atoms with E-state index in [2.05, 4.69) is 10.4 Å². The molecule has 0 bridgehead atoms. The molecule has 0 saturated carbocycles. The molecule has 42 heavy (non-hydrogen) atoms. The van der Waals surface area contributed by atoms with Crippen LogP contribution in [-0.4, -0.2) is 40.4 Å². The van der Waals surface area contributed by atoms with Crippen molar-refractivity contribution in [3.8, 4) is 28.3 Å². The summed E-state index contributed by atoms with van der Waals surface area (Å²) >= 11 is 0. The Morgan fingerprint density at radius 1 is 0.905 bits per heavy atom. The van der Waals surface area contributed by atoms with Crippen LogP contribution in [0.15, 0.2) is 78.9 Å². The van der Waals surface area contributed by atoms with Crippen LogP contribution in [0.3, 0.4) is 0 Å². The average molecular weight is 574 g/mol. The van der Waals surface area contributed by atoms with Gasteiger partial charge in [0.25, 0.3) is 5.91 Å².